The monoisotopic (exact) mass is 291 g/mol. The zero-order valence-electron chi connectivity index (χ0n) is 13.1. The van der Waals surface area contributed by atoms with Gasteiger partial charge in [0, 0.05) is 25.2 Å². The molecule has 0 aliphatic carbocycles. The van der Waals surface area contributed by atoms with E-state index < -0.39 is 0 Å². The van der Waals surface area contributed by atoms with Crippen LogP contribution in [-0.4, -0.2) is 30.6 Å². The van der Waals surface area contributed by atoms with Crippen LogP contribution in [0.25, 0.3) is 0 Å². The SMILES string of the molecule is Cc1ccc(N(CC(C)C)CC2CCCN2)c([N+](=O)[O-])c1. The van der Waals surface area contributed by atoms with Gasteiger partial charge in [-0.25, -0.2) is 0 Å². The van der Waals surface area contributed by atoms with Crippen molar-refractivity contribution in [3.8, 4) is 0 Å². The van der Waals surface area contributed by atoms with Crippen LogP contribution >= 0.6 is 0 Å². The molecule has 1 N–H and O–H groups in total. The summed E-state index contributed by atoms with van der Waals surface area (Å²) in [5.41, 5.74) is 1.88. The molecule has 0 bridgehead atoms. The fraction of sp³-hybridized carbons (Fsp3) is 0.625. The van der Waals surface area contributed by atoms with Gasteiger partial charge in [0.05, 0.1) is 4.92 Å². The lowest BCUT2D eigenvalue weighted by Gasteiger charge is -2.29. The molecule has 5 heteroatoms. The summed E-state index contributed by atoms with van der Waals surface area (Å²) in [5.74, 6) is 0.465. The predicted octanol–water partition coefficient (Wildman–Crippen LogP) is 3.12. The smallest absolute Gasteiger partial charge is 0.292 e. The number of benzene rings is 1. The van der Waals surface area contributed by atoms with Crippen LogP contribution in [0.5, 0.6) is 0 Å². The summed E-state index contributed by atoms with van der Waals surface area (Å²) in [4.78, 5) is 13.3. The maximum atomic E-state index is 11.4. The molecule has 0 aromatic heterocycles. The number of hydrogen-bond donors (Lipinski definition) is 1. The van der Waals surface area contributed by atoms with Gasteiger partial charge >= 0.3 is 0 Å². The number of nitro benzene ring substituents is 1. The normalized spacial score (nSPS) is 18.2. The first-order valence-electron chi connectivity index (χ1n) is 7.70. The average molecular weight is 291 g/mol. The van der Waals surface area contributed by atoms with Gasteiger partial charge in [-0.3, -0.25) is 10.1 Å². The molecule has 1 atom stereocenters. The van der Waals surface area contributed by atoms with Gasteiger partial charge in [-0.2, -0.15) is 0 Å². The fourth-order valence-corrected chi connectivity index (χ4v) is 2.94. The first-order valence-corrected chi connectivity index (χ1v) is 7.70. The van der Waals surface area contributed by atoms with Crippen LogP contribution in [0.3, 0.4) is 0 Å². The van der Waals surface area contributed by atoms with Crippen molar-refractivity contribution in [3.05, 3.63) is 33.9 Å². The third-order valence-corrected chi connectivity index (χ3v) is 3.86. The van der Waals surface area contributed by atoms with E-state index in [0.29, 0.717) is 12.0 Å². The number of aryl methyl sites for hydroxylation is 1. The van der Waals surface area contributed by atoms with Gasteiger partial charge in [-0.1, -0.05) is 19.9 Å². The van der Waals surface area contributed by atoms with E-state index in [2.05, 4.69) is 24.1 Å². The van der Waals surface area contributed by atoms with E-state index in [1.807, 2.05) is 19.1 Å². The Kier molecular flexibility index (Phi) is 5.17. The summed E-state index contributed by atoms with van der Waals surface area (Å²) in [6, 6.07) is 5.96. The molecule has 1 fully saturated rings. The van der Waals surface area contributed by atoms with Crippen molar-refractivity contribution in [3.63, 3.8) is 0 Å². The minimum Gasteiger partial charge on any atom is -0.364 e. The molecule has 1 unspecified atom stereocenters. The van der Waals surface area contributed by atoms with E-state index in [-0.39, 0.29) is 10.6 Å². The van der Waals surface area contributed by atoms with E-state index >= 15 is 0 Å². The highest BCUT2D eigenvalue weighted by atomic mass is 16.6. The second-order valence-corrected chi connectivity index (χ2v) is 6.34. The molecular weight excluding hydrogens is 266 g/mol. The van der Waals surface area contributed by atoms with Crippen LogP contribution in [0.4, 0.5) is 11.4 Å². The number of anilines is 1. The van der Waals surface area contributed by atoms with E-state index in [1.165, 1.54) is 6.42 Å². The van der Waals surface area contributed by atoms with Crippen molar-refractivity contribution in [2.24, 2.45) is 5.92 Å². The minimum absolute atomic E-state index is 0.216. The Morgan fingerprint density at radius 2 is 2.24 bits per heavy atom. The Morgan fingerprint density at radius 1 is 1.48 bits per heavy atom. The first-order chi connectivity index (χ1) is 9.97. The van der Waals surface area contributed by atoms with Crippen molar-refractivity contribution in [1.29, 1.82) is 0 Å². The molecule has 1 aromatic carbocycles. The topological polar surface area (TPSA) is 58.4 Å². The number of hydrogen-bond acceptors (Lipinski definition) is 4. The second kappa shape index (κ2) is 6.89. The summed E-state index contributed by atoms with van der Waals surface area (Å²) >= 11 is 0. The van der Waals surface area contributed by atoms with Crippen molar-refractivity contribution < 1.29 is 4.92 Å². The lowest BCUT2D eigenvalue weighted by Crippen LogP contribution is -2.39. The van der Waals surface area contributed by atoms with Crippen LogP contribution in [0.15, 0.2) is 18.2 Å². The van der Waals surface area contributed by atoms with Gasteiger partial charge in [0.15, 0.2) is 0 Å². The molecule has 21 heavy (non-hydrogen) atoms. The molecule has 1 aromatic rings. The Labute approximate surface area is 126 Å². The van der Waals surface area contributed by atoms with Crippen LogP contribution in [0.1, 0.15) is 32.3 Å². The van der Waals surface area contributed by atoms with Crippen LogP contribution in [-0.2, 0) is 0 Å². The van der Waals surface area contributed by atoms with E-state index in [9.17, 15) is 10.1 Å². The summed E-state index contributed by atoms with van der Waals surface area (Å²) in [5, 5.41) is 14.8. The van der Waals surface area contributed by atoms with Gasteiger partial charge in [-0.15, -0.1) is 0 Å². The number of nitro groups is 1. The Balaban J connectivity index is 2.28. The molecule has 1 aliphatic heterocycles. The Hall–Kier alpha value is -1.62. The van der Waals surface area contributed by atoms with Crippen molar-refractivity contribution in [2.75, 3.05) is 24.5 Å². The van der Waals surface area contributed by atoms with Gasteiger partial charge < -0.3 is 10.2 Å². The molecule has 5 nitrogen and oxygen atoms in total. The molecule has 1 saturated heterocycles. The van der Waals surface area contributed by atoms with Crippen LogP contribution < -0.4 is 10.2 Å². The van der Waals surface area contributed by atoms with Gasteiger partial charge in [0.2, 0.25) is 0 Å². The molecular formula is C16H25N3O2. The Morgan fingerprint density at radius 3 is 2.81 bits per heavy atom. The molecule has 1 aliphatic rings. The largest absolute Gasteiger partial charge is 0.364 e. The molecule has 116 valence electrons. The molecule has 2 rings (SSSR count). The minimum atomic E-state index is -0.266. The maximum Gasteiger partial charge on any atom is 0.292 e. The molecule has 0 radical (unpaired) electrons. The zero-order chi connectivity index (χ0) is 15.4. The molecule has 1 heterocycles. The summed E-state index contributed by atoms with van der Waals surface area (Å²) in [6.45, 7) is 8.91. The van der Waals surface area contributed by atoms with Crippen LogP contribution in [0.2, 0.25) is 0 Å². The van der Waals surface area contributed by atoms with E-state index in [1.54, 1.807) is 6.07 Å². The lowest BCUT2D eigenvalue weighted by atomic mass is 10.1. The Bertz CT molecular complexity index is 496. The van der Waals surface area contributed by atoms with Crippen molar-refractivity contribution >= 4 is 11.4 Å². The third kappa shape index (κ3) is 4.17. The quantitative estimate of drug-likeness (QED) is 0.646. The predicted molar refractivity (Wildman–Crippen MR) is 85.9 cm³/mol. The standard InChI is InChI=1S/C16H25N3O2/c1-12(2)10-18(11-14-5-4-8-17-14)15-7-6-13(3)9-16(15)19(20)21/h6-7,9,12,14,17H,4-5,8,10-11H2,1-3H3. The van der Waals surface area contributed by atoms with Gasteiger partial charge in [-0.05, 0) is 43.9 Å². The highest BCUT2D eigenvalue weighted by molar-refractivity contribution is 5.64. The molecule has 0 spiro atoms. The van der Waals surface area contributed by atoms with Crippen molar-refractivity contribution in [2.45, 2.75) is 39.7 Å². The molecule has 0 saturated carbocycles. The van der Waals surface area contributed by atoms with E-state index in [4.69, 9.17) is 0 Å². The fourth-order valence-electron chi connectivity index (χ4n) is 2.94. The highest BCUT2D eigenvalue weighted by Gasteiger charge is 2.24. The second-order valence-electron chi connectivity index (χ2n) is 6.34. The number of nitrogens with zero attached hydrogens (tertiary/aromatic N) is 2. The summed E-state index contributed by atoms with van der Waals surface area (Å²) < 4.78 is 0. The van der Waals surface area contributed by atoms with Gasteiger partial charge in [0.1, 0.15) is 5.69 Å². The zero-order valence-corrected chi connectivity index (χ0v) is 13.1. The first kappa shape index (κ1) is 15.8. The average Bonchev–Trinajstić information content (AvgIpc) is 2.90. The third-order valence-electron chi connectivity index (χ3n) is 3.86. The van der Waals surface area contributed by atoms with Crippen molar-refractivity contribution in [1.82, 2.24) is 5.32 Å². The maximum absolute atomic E-state index is 11.4. The number of rotatable bonds is 6. The number of nitrogens with one attached hydrogen (secondary N) is 1. The van der Waals surface area contributed by atoms with Gasteiger partial charge in [0.25, 0.3) is 5.69 Å². The van der Waals surface area contributed by atoms with E-state index in [0.717, 1.165) is 37.3 Å². The van der Waals surface area contributed by atoms with Crippen LogP contribution in [0, 0.1) is 23.0 Å². The molecule has 0 amide bonds. The summed E-state index contributed by atoms with van der Waals surface area (Å²) in [7, 11) is 0. The summed E-state index contributed by atoms with van der Waals surface area (Å²) in [6.07, 6.45) is 2.34. The highest BCUT2D eigenvalue weighted by Crippen LogP contribution is 2.30. The lowest BCUT2D eigenvalue weighted by molar-refractivity contribution is -0.384.